The summed E-state index contributed by atoms with van der Waals surface area (Å²) in [6.07, 6.45) is 1.61. The fourth-order valence-electron chi connectivity index (χ4n) is 4.39. The number of likely N-dealkylation sites (tertiary alicyclic amines) is 1. The first kappa shape index (κ1) is 21.9. The van der Waals surface area contributed by atoms with E-state index in [9.17, 15) is 17.6 Å². The SMILES string of the molecule is O=C1C(N2CCN(S(=O)(=O)Cc3ccccc3F)CC2)CCN1CCc1ccccc1. The molecule has 166 valence electrons. The van der Waals surface area contributed by atoms with Gasteiger partial charge < -0.3 is 4.90 Å². The molecule has 2 aliphatic heterocycles. The van der Waals surface area contributed by atoms with E-state index in [0.717, 1.165) is 19.4 Å². The minimum absolute atomic E-state index is 0.138. The summed E-state index contributed by atoms with van der Waals surface area (Å²) in [7, 11) is -3.60. The average Bonchev–Trinajstić information content (AvgIpc) is 3.15. The number of rotatable bonds is 7. The van der Waals surface area contributed by atoms with Crippen molar-refractivity contribution in [3.63, 3.8) is 0 Å². The second kappa shape index (κ2) is 9.46. The number of carbonyl (C=O) groups is 1. The van der Waals surface area contributed by atoms with E-state index in [4.69, 9.17) is 0 Å². The Morgan fingerprint density at radius 2 is 1.58 bits per heavy atom. The molecule has 0 radical (unpaired) electrons. The number of sulfonamides is 1. The molecule has 2 aliphatic rings. The van der Waals surface area contributed by atoms with Gasteiger partial charge in [0.2, 0.25) is 15.9 Å². The van der Waals surface area contributed by atoms with Crippen LogP contribution in [0.3, 0.4) is 0 Å². The van der Waals surface area contributed by atoms with Crippen molar-refractivity contribution in [2.45, 2.75) is 24.6 Å². The Bertz CT molecular complexity index is 1010. The standard InChI is InChI=1S/C23H28FN3O3S/c24-21-9-5-4-8-20(21)18-31(29,30)27-16-14-25(15-17-27)22-11-13-26(23(22)28)12-10-19-6-2-1-3-7-19/h1-9,22H,10-18H2. The molecule has 0 aromatic heterocycles. The van der Waals surface area contributed by atoms with E-state index >= 15 is 0 Å². The van der Waals surface area contributed by atoms with Gasteiger partial charge in [0.1, 0.15) is 5.82 Å². The van der Waals surface area contributed by atoms with Gasteiger partial charge in [-0.1, -0.05) is 48.5 Å². The van der Waals surface area contributed by atoms with Gasteiger partial charge in [-0.05, 0) is 24.5 Å². The molecule has 0 aliphatic carbocycles. The molecule has 4 rings (SSSR count). The summed E-state index contributed by atoms with van der Waals surface area (Å²) in [4.78, 5) is 16.9. The normalized spacial score (nSPS) is 21.0. The summed E-state index contributed by atoms with van der Waals surface area (Å²) in [6, 6.07) is 15.9. The maximum absolute atomic E-state index is 13.9. The van der Waals surface area contributed by atoms with Gasteiger partial charge in [0.15, 0.2) is 0 Å². The monoisotopic (exact) mass is 445 g/mol. The summed E-state index contributed by atoms with van der Waals surface area (Å²) in [5.74, 6) is -0.703. The Balaban J connectivity index is 1.29. The summed E-state index contributed by atoms with van der Waals surface area (Å²) >= 11 is 0. The fourth-order valence-corrected chi connectivity index (χ4v) is 5.92. The van der Waals surface area contributed by atoms with Crippen LogP contribution in [0.1, 0.15) is 17.5 Å². The average molecular weight is 446 g/mol. The molecule has 0 bridgehead atoms. The summed E-state index contributed by atoms with van der Waals surface area (Å²) in [5, 5.41) is 0. The van der Waals surface area contributed by atoms with E-state index in [0.29, 0.717) is 32.7 Å². The van der Waals surface area contributed by atoms with Gasteiger partial charge in [0, 0.05) is 44.8 Å². The van der Waals surface area contributed by atoms with E-state index in [1.165, 1.54) is 22.0 Å². The lowest BCUT2D eigenvalue weighted by Crippen LogP contribution is -2.54. The molecule has 1 amide bonds. The lowest BCUT2D eigenvalue weighted by molar-refractivity contribution is -0.132. The molecule has 31 heavy (non-hydrogen) atoms. The van der Waals surface area contributed by atoms with Crippen molar-refractivity contribution >= 4 is 15.9 Å². The Morgan fingerprint density at radius 1 is 0.903 bits per heavy atom. The first-order valence-electron chi connectivity index (χ1n) is 10.7. The van der Waals surface area contributed by atoms with Crippen molar-refractivity contribution < 1.29 is 17.6 Å². The predicted molar refractivity (Wildman–Crippen MR) is 117 cm³/mol. The summed E-state index contributed by atoms with van der Waals surface area (Å²) in [6.45, 7) is 3.12. The molecule has 0 saturated carbocycles. The first-order chi connectivity index (χ1) is 14.9. The highest BCUT2D eigenvalue weighted by Crippen LogP contribution is 2.22. The maximum atomic E-state index is 13.9. The molecule has 2 heterocycles. The zero-order chi connectivity index (χ0) is 21.8. The zero-order valence-electron chi connectivity index (χ0n) is 17.5. The first-order valence-corrected chi connectivity index (χ1v) is 12.3. The zero-order valence-corrected chi connectivity index (χ0v) is 18.3. The molecule has 0 N–H and O–H groups in total. The highest BCUT2D eigenvalue weighted by Gasteiger charge is 2.38. The van der Waals surface area contributed by atoms with Gasteiger partial charge in [0.05, 0.1) is 11.8 Å². The second-order valence-electron chi connectivity index (χ2n) is 8.15. The second-order valence-corrected chi connectivity index (χ2v) is 10.1. The van der Waals surface area contributed by atoms with Gasteiger partial charge in [-0.3, -0.25) is 9.69 Å². The van der Waals surface area contributed by atoms with Crippen LogP contribution in [-0.4, -0.2) is 73.7 Å². The van der Waals surface area contributed by atoms with Crippen LogP contribution >= 0.6 is 0 Å². The van der Waals surface area contributed by atoms with Crippen LogP contribution in [0.2, 0.25) is 0 Å². The smallest absolute Gasteiger partial charge is 0.240 e. The molecule has 2 saturated heterocycles. The van der Waals surface area contributed by atoms with E-state index in [2.05, 4.69) is 17.0 Å². The molecule has 0 spiro atoms. The maximum Gasteiger partial charge on any atom is 0.240 e. The van der Waals surface area contributed by atoms with Crippen LogP contribution < -0.4 is 0 Å². The molecule has 2 aromatic carbocycles. The number of hydrogen-bond donors (Lipinski definition) is 0. The van der Waals surface area contributed by atoms with Crippen molar-refractivity contribution in [3.05, 3.63) is 71.5 Å². The van der Waals surface area contributed by atoms with Gasteiger partial charge >= 0.3 is 0 Å². The van der Waals surface area contributed by atoms with Crippen molar-refractivity contribution in [2.75, 3.05) is 39.3 Å². The minimum Gasteiger partial charge on any atom is -0.341 e. The highest BCUT2D eigenvalue weighted by atomic mass is 32.2. The van der Waals surface area contributed by atoms with Gasteiger partial charge in [0.25, 0.3) is 0 Å². The number of carbonyl (C=O) groups excluding carboxylic acids is 1. The molecule has 1 unspecified atom stereocenters. The quantitative estimate of drug-likeness (QED) is 0.655. The number of halogens is 1. The lowest BCUT2D eigenvalue weighted by Gasteiger charge is -2.36. The summed E-state index contributed by atoms with van der Waals surface area (Å²) < 4.78 is 40.8. The number of amides is 1. The fraction of sp³-hybridized carbons (Fsp3) is 0.435. The third-order valence-corrected chi connectivity index (χ3v) is 8.01. The van der Waals surface area contributed by atoms with E-state index in [1.807, 2.05) is 23.1 Å². The van der Waals surface area contributed by atoms with Gasteiger partial charge in [-0.2, -0.15) is 4.31 Å². The van der Waals surface area contributed by atoms with E-state index in [-0.39, 0.29) is 23.3 Å². The van der Waals surface area contributed by atoms with Crippen LogP contribution in [0.25, 0.3) is 0 Å². The van der Waals surface area contributed by atoms with Crippen LogP contribution in [-0.2, 0) is 27.0 Å². The lowest BCUT2D eigenvalue weighted by atomic mass is 10.1. The van der Waals surface area contributed by atoms with Gasteiger partial charge in [-0.25, -0.2) is 12.8 Å². The van der Waals surface area contributed by atoms with Crippen molar-refractivity contribution in [2.24, 2.45) is 0 Å². The number of hydrogen-bond acceptors (Lipinski definition) is 4. The number of piperazine rings is 1. The molecule has 8 heteroatoms. The topological polar surface area (TPSA) is 60.9 Å². The minimum atomic E-state index is -3.60. The highest BCUT2D eigenvalue weighted by molar-refractivity contribution is 7.88. The Morgan fingerprint density at radius 3 is 2.29 bits per heavy atom. The van der Waals surface area contributed by atoms with Crippen molar-refractivity contribution in [3.8, 4) is 0 Å². The van der Waals surface area contributed by atoms with Crippen molar-refractivity contribution in [1.82, 2.24) is 14.1 Å². The molecule has 2 aromatic rings. The number of benzene rings is 2. The molecule has 1 atom stereocenters. The predicted octanol–water partition coefficient (Wildman–Crippen LogP) is 2.12. The van der Waals surface area contributed by atoms with E-state index < -0.39 is 15.8 Å². The van der Waals surface area contributed by atoms with E-state index in [1.54, 1.807) is 12.1 Å². The Labute approximate surface area is 183 Å². The summed E-state index contributed by atoms with van der Waals surface area (Å²) in [5.41, 5.74) is 1.40. The number of nitrogens with zero attached hydrogens (tertiary/aromatic N) is 3. The molecular formula is C23H28FN3O3S. The molecular weight excluding hydrogens is 417 g/mol. The van der Waals surface area contributed by atoms with Crippen LogP contribution in [0, 0.1) is 5.82 Å². The largest absolute Gasteiger partial charge is 0.341 e. The third kappa shape index (κ3) is 5.14. The Kier molecular flexibility index (Phi) is 6.69. The molecule has 2 fully saturated rings. The van der Waals surface area contributed by atoms with Gasteiger partial charge in [-0.15, -0.1) is 0 Å². The van der Waals surface area contributed by atoms with Crippen LogP contribution in [0.5, 0.6) is 0 Å². The molecule has 6 nitrogen and oxygen atoms in total. The van der Waals surface area contributed by atoms with Crippen LogP contribution in [0.4, 0.5) is 4.39 Å². The van der Waals surface area contributed by atoms with Crippen LogP contribution in [0.15, 0.2) is 54.6 Å². The Hall–Kier alpha value is -2.29. The third-order valence-electron chi connectivity index (χ3n) is 6.19. The van der Waals surface area contributed by atoms with Crippen molar-refractivity contribution in [1.29, 1.82) is 0 Å².